The van der Waals surface area contributed by atoms with E-state index in [0.29, 0.717) is 5.41 Å². The molecule has 2 nitrogen and oxygen atoms in total. The number of hydrogen-bond donors (Lipinski definition) is 1. The van der Waals surface area contributed by atoms with Gasteiger partial charge in [0.15, 0.2) is 0 Å². The highest BCUT2D eigenvalue weighted by molar-refractivity contribution is 5.87. The largest absolute Gasteiger partial charge is 0.393 e. The van der Waals surface area contributed by atoms with Crippen molar-refractivity contribution in [1.82, 2.24) is 4.98 Å². The number of fused-ring (bicyclic) bond motifs is 2. The molecule has 33 heavy (non-hydrogen) atoms. The number of rotatable bonds is 5. The number of pyridine rings is 1. The molecular weight excluding hydrogens is 402 g/mol. The van der Waals surface area contributed by atoms with Crippen LogP contribution >= 0.6 is 0 Å². The molecule has 2 heteroatoms. The van der Waals surface area contributed by atoms with E-state index >= 15 is 0 Å². The standard InChI is InChI=1S/C31H41NO/c1-5-29(2)15-13-28(23-10-9-22-14-18-32-21-24(22)19-23)31(29,4)17-11-25-7-6-8-26-20-27(33)12-16-30(25,26)3/h8-10,13-14,18-19,21,25,27,33H,5-7,11-12,15-17,20H2,1-4H3/t25-,27+,29-,30-,31-/m1/s1. The van der Waals surface area contributed by atoms with Crippen molar-refractivity contribution >= 4 is 16.3 Å². The molecule has 0 aliphatic heterocycles. The maximum atomic E-state index is 10.3. The molecule has 1 saturated carbocycles. The molecule has 1 aromatic carbocycles. The van der Waals surface area contributed by atoms with E-state index in [1.807, 2.05) is 12.4 Å². The Morgan fingerprint density at radius 2 is 1.91 bits per heavy atom. The zero-order chi connectivity index (χ0) is 23.3. The molecule has 0 bridgehead atoms. The SMILES string of the molecule is CC[C@]1(C)CC=C(c2ccc3ccncc3c2)[C@@]1(C)CC[C@H]1CCC=C2C[C@@H](O)CC[C@@]21C. The fourth-order valence-electron chi connectivity index (χ4n) is 7.46. The average Bonchev–Trinajstić information content (AvgIpc) is 3.09. The summed E-state index contributed by atoms with van der Waals surface area (Å²) in [6.45, 7) is 9.95. The van der Waals surface area contributed by atoms with E-state index in [9.17, 15) is 5.11 Å². The van der Waals surface area contributed by atoms with Gasteiger partial charge >= 0.3 is 0 Å². The number of aliphatic hydroxyl groups excluding tert-OH is 1. The summed E-state index contributed by atoms with van der Waals surface area (Å²) in [4.78, 5) is 4.37. The van der Waals surface area contributed by atoms with Crippen LogP contribution in [0.15, 0.2) is 54.4 Å². The lowest BCUT2D eigenvalue weighted by Gasteiger charge is -2.49. The Morgan fingerprint density at radius 1 is 1.06 bits per heavy atom. The molecule has 1 fully saturated rings. The third kappa shape index (κ3) is 3.70. The number of aliphatic hydroxyl groups is 1. The summed E-state index contributed by atoms with van der Waals surface area (Å²) in [5, 5.41) is 12.8. The lowest BCUT2D eigenvalue weighted by atomic mass is 9.55. The second kappa shape index (κ2) is 8.38. The van der Waals surface area contributed by atoms with Gasteiger partial charge in [-0.2, -0.15) is 0 Å². The van der Waals surface area contributed by atoms with Crippen molar-refractivity contribution in [2.45, 2.75) is 91.6 Å². The molecule has 0 spiro atoms. The van der Waals surface area contributed by atoms with Crippen molar-refractivity contribution in [3.8, 4) is 0 Å². The molecular formula is C31H41NO. The molecule has 176 valence electrons. The molecule has 3 aliphatic carbocycles. The highest BCUT2D eigenvalue weighted by Crippen LogP contribution is 2.62. The molecule has 1 heterocycles. The van der Waals surface area contributed by atoms with Crippen molar-refractivity contribution in [3.63, 3.8) is 0 Å². The van der Waals surface area contributed by atoms with E-state index in [2.05, 4.69) is 69.1 Å². The lowest BCUT2D eigenvalue weighted by Crippen LogP contribution is -2.40. The molecule has 5 atom stereocenters. The van der Waals surface area contributed by atoms with Gasteiger partial charge in [0, 0.05) is 17.8 Å². The highest BCUT2D eigenvalue weighted by atomic mass is 16.3. The van der Waals surface area contributed by atoms with Gasteiger partial charge < -0.3 is 5.11 Å². The van der Waals surface area contributed by atoms with Crippen LogP contribution in [-0.2, 0) is 0 Å². The van der Waals surface area contributed by atoms with E-state index in [1.54, 1.807) is 11.1 Å². The quantitative estimate of drug-likeness (QED) is 0.473. The number of benzene rings is 1. The summed E-state index contributed by atoms with van der Waals surface area (Å²) < 4.78 is 0. The molecule has 2 aromatic rings. The zero-order valence-electron chi connectivity index (χ0n) is 21.0. The normalized spacial score (nSPS) is 36.4. The van der Waals surface area contributed by atoms with Crippen LogP contribution < -0.4 is 0 Å². The minimum Gasteiger partial charge on any atom is -0.393 e. The van der Waals surface area contributed by atoms with Gasteiger partial charge in [0.05, 0.1) is 6.10 Å². The fraction of sp³-hybridized carbons (Fsp3) is 0.581. The maximum Gasteiger partial charge on any atom is 0.0577 e. The van der Waals surface area contributed by atoms with Crippen molar-refractivity contribution in [2.75, 3.05) is 0 Å². The van der Waals surface area contributed by atoms with E-state index in [0.717, 1.165) is 25.2 Å². The Morgan fingerprint density at radius 3 is 2.73 bits per heavy atom. The minimum atomic E-state index is -0.129. The van der Waals surface area contributed by atoms with Gasteiger partial charge in [-0.3, -0.25) is 4.98 Å². The van der Waals surface area contributed by atoms with Gasteiger partial charge in [-0.15, -0.1) is 0 Å². The first kappa shape index (κ1) is 22.8. The van der Waals surface area contributed by atoms with Crippen molar-refractivity contribution in [3.05, 3.63) is 59.9 Å². The maximum absolute atomic E-state index is 10.3. The van der Waals surface area contributed by atoms with Crippen molar-refractivity contribution < 1.29 is 5.11 Å². The van der Waals surface area contributed by atoms with Crippen LogP contribution in [0.2, 0.25) is 0 Å². The van der Waals surface area contributed by atoms with E-state index in [1.165, 1.54) is 54.9 Å². The summed E-state index contributed by atoms with van der Waals surface area (Å²) in [5.41, 5.74) is 5.23. The zero-order valence-corrected chi connectivity index (χ0v) is 21.0. The second-order valence-corrected chi connectivity index (χ2v) is 11.9. The van der Waals surface area contributed by atoms with Gasteiger partial charge in [-0.1, -0.05) is 57.6 Å². The Hall–Kier alpha value is -1.93. The topological polar surface area (TPSA) is 33.1 Å². The van der Waals surface area contributed by atoms with Crippen LogP contribution in [0.4, 0.5) is 0 Å². The van der Waals surface area contributed by atoms with Gasteiger partial charge in [0.25, 0.3) is 0 Å². The molecule has 1 N–H and O–H groups in total. The number of hydrogen-bond acceptors (Lipinski definition) is 2. The number of nitrogens with zero attached hydrogens (tertiary/aromatic N) is 1. The fourth-order valence-corrected chi connectivity index (χ4v) is 7.46. The first-order chi connectivity index (χ1) is 15.8. The van der Waals surface area contributed by atoms with Gasteiger partial charge in [0.1, 0.15) is 0 Å². The molecule has 0 saturated heterocycles. The predicted octanol–water partition coefficient (Wildman–Crippen LogP) is 8.11. The number of aromatic nitrogens is 1. The van der Waals surface area contributed by atoms with Crippen LogP contribution in [0.1, 0.15) is 91.0 Å². The van der Waals surface area contributed by atoms with Crippen molar-refractivity contribution in [2.24, 2.45) is 22.2 Å². The van der Waals surface area contributed by atoms with Crippen LogP contribution in [0, 0.1) is 22.2 Å². The summed E-state index contributed by atoms with van der Waals surface area (Å²) in [7, 11) is 0. The molecule has 5 rings (SSSR count). The monoisotopic (exact) mass is 443 g/mol. The van der Waals surface area contributed by atoms with Crippen LogP contribution in [0.3, 0.4) is 0 Å². The smallest absolute Gasteiger partial charge is 0.0577 e. The Labute approximate surface area is 200 Å². The van der Waals surface area contributed by atoms with Crippen molar-refractivity contribution in [1.29, 1.82) is 0 Å². The van der Waals surface area contributed by atoms with Crippen LogP contribution in [0.5, 0.6) is 0 Å². The first-order valence-electron chi connectivity index (χ1n) is 13.2. The van der Waals surface area contributed by atoms with Gasteiger partial charge in [-0.25, -0.2) is 0 Å². The Bertz CT molecular complexity index is 1100. The number of allylic oxidation sites excluding steroid dienone is 3. The predicted molar refractivity (Wildman–Crippen MR) is 139 cm³/mol. The second-order valence-electron chi connectivity index (χ2n) is 11.9. The summed E-state index contributed by atoms with van der Waals surface area (Å²) in [5.74, 6) is 0.727. The van der Waals surface area contributed by atoms with E-state index in [-0.39, 0.29) is 16.9 Å². The van der Waals surface area contributed by atoms with E-state index in [4.69, 9.17) is 0 Å². The molecule has 3 aliphatic rings. The lowest BCUT2D eigenvalue weighted by molar-refractivity contribution is 0.0575. The third-order valence-corrected chi connectivity index (χ3v) is 10.4. The Balaban J connectivity index is 1.44. The minimum absolute atomic E-state index is 0.129. The molecule has 0 amide bonds. The highest BCUT2D eigenvalue weighted by Gasteiger charge is 2.50. The van der Waals surface area contributed by atoms with E-state index < -0.39 is 0 Å². The summed E-state index contributed by atoms with van der Waals surface area (Å²) in [6.07, 6.45) is 19.1. The third-order valence-electron chi connectivity index (χ3n) is 10.4. The van der Waals surface area contributed by atoms with Gasteiger partial charge in [0.2, 0.25) is 0 Å². The molecule has 0 unspecified atom stereocenters. The molecule has 0 radical (unpaired) electrons. The van der Waals surface area contributed by atoms with Crippen LogP contribution in [0.25, 0.3) is 16.3 Å². The Kier molecular flexibility index (Phi) is 5.80. The van der Waals surface area contributed by atoms with Gasteiger partial charge in [-0.05, 0) is 109 Å². The average molecular weight is 444 g/mol. The first-order valence-corrected chi connectivity index (χ1v) is 13.2. The van der Waals surface area contributed by atoms with Crippen LogP contribution in [-0.4, -0.2) is 16.2 Å². The molecule has 1 aromatic heterocycles. The summed E-state index contributed by atoms with van der Waals surface area (Å²) >= 11 is 0. The summed E-state index contributed by atoms with van der Waals surface area (Å²) in [6, 6.07) is 9.06.